The molecule has 2 amide bonds. The molecular formula is C25H18F5N3O2. The van der Waals surface area contributed by atoms with Gasteiger partial charge in [0.1, 0.15) is 11.6 Å². The number of hydrazine groups is 1. The average molecular weight is 487 g/mol. The van der Waals surface area contributed by atoms with Gasteiger partial charge in [0.2, 0.25) is 0 Å². The number of anilines is 1. The number of nitrogens with zero attached hydrogens (tertiary/aromatic N) is 1. The lowest BCUT2D eigenvalue weighted by atomic mass is 9.99. The van der Waals surface area contributed by atoms with E-state index in [4.69, 9.17) is 0 Å². The summed E-state index contributed by atoms with van der Waals surface area (Å²) in [6, 6.07) is 15.6. The van der Waals surface area contributed by atoms with E-state index in [0.717, 1.165) is 22.7 Å². The molecule has 180 valence electrons. The van der Waals surface area contributed by atoms with Crippen LogP contribution in [0.3, 0.4) is 0 Å². The Morgan fingerprint density at radius 3 is 2.46 bits per heavy atom. The standard InChI is InChI=1S/C25H18F5N3O2/c1-14-6-8-15(9-7-14)22-18(17-4-2-3-5-20(17)26)13-33(32-22)23(34)31-16-10-11-21-19(12-16)24(27,28)25(29,30)35-21/h2-12,32H,13H2,1H3,(H,31,34). The number of carbonyl (C=O) groups excluding carboxylic acids is 1. The minimum atomic E-state index is -4.68. The van der Waals surface area contributed by atoms with Crippen LogP contribution < -0.4 is 15.5 Å². The summed E-state index contributed by atoms with van der Waals surface area (Å²) in [6.07, 6.45) is -4.68. The summed E-state index contributed by atoms with van der Waals surface area (Å²) < 4.78 is 73.7. The molecular weight excluding hydrogens is 469 g/mol. The predicted octanol–water partition coefficient (Wildman–Crippen LogP) is 6.13. The van der Waals surface area contributed by atoms with Crippen LogP contribution in [-0.2, 0) is 5.92 Å². The van der Waals surface area contributed by atoms with Crippen molar-refractivity contribution < 1.29 is 31.5 Å². The summed E-state index contributed by atoms with van der Waals surface area (Å²) in [7, 11) is 0. The van der Waals surface area contributed by atoms with Gasteiger partial charge in [-0.25, -0.2) is 14.2 Å². The third kappa shape index (κ3) is 3.84. The van der Waals surface area contributed by atoms with Crippen LogP contribution in [0, 0.1) is 12.7 Å². The van der Waals surface area contributed by atoms with Crippen molar-refractivity contribution in [1.82, 2.24) is 10.4 Å². The minimum Gasteiger partial charge on any atom is -0.427 e. The van der Waals surface area contributed by atoms with E-state index in [-0.39, 0.29) is 12.2 Å². The Hall–Kier alpha value is -4.08. The predicted molar refractivity (Wildman–Crippen MR) is 119 cm³/mol. The summed E-state index contributed by atoms with van der Waals surface area (Å²) in [6.45, 7) is 1.87. The zero-order chi connectivity index (χ0) is 25.0. The lowest BCUT2D eigenvalue weighted by Crippen LogP contribution is -2.40. The molecule has 0 saturated heterocycles. The van der Waals surface area contributed by atoms with E-state index in [0.29, 0.717) is 22.4 Å². The molecule has 35 heavy (non-hydrogen) atoms. The molecule has 0 aromatic heterocycles. The van der Waals surface area contributed by atoms with Crippen molar-refractivity contribution in [2.75, 3.05) is 11.9 Å². The molecule has 10 heteroatoms. The number of nitrogens with one attached hydrogen (secondary N) is 2. The fourth-order valence-electron chi connectivity index (χ4n) is 3.98. The number of benzene rings is 3. The first-order valence-electron chi connectivity index (χ1n) is 10.6. The number of alkyl halides is 4. The number of ether oxygens (including phenoxy) is 1. The Bertz CT molecular complexity index is 1360. The number of hydrogen-bond donors (Lipinski definition) is 2. The second kappa shape index (κ2) is 8.00. The van der Waals surface area contributed by atoms with Crippen molar-refractivity contribution in [1.29, 1.82) is 0 Å². The smallest absolute Gasteiger partial charge is 0.427 e. The van der Waals surface area contributed by atoms with Gasteiger partial charge < -0.3 is 10.1 Å². The Morgan fingerprint density at radius 1 is 1.03 bits per heavy atom. The second-order valence-electron chi connectivity index (χ2n) is 8.23. The highest BCUT2D eigenvalue weighted by atomic mass is 19.3. The Kier molecular flexibility index (Phi) is 5.19. The van der Waals surface area contributed by atoms with Gasteiger partial charge in [0, 0.05) is 16.8 Å². The molecule has 0 bridgehead atoms. The minimum absolute atomic E-state index is 0.0434. The van der Waals surface area contributed by atoms with Crippen LogP contribution >= 0.6 is 0 Å². The van der Waals surface area contributed by atoms with Crippen molar-refractivity contribution in [3.63, 3.8) is 0 Å². The lowest BCUT2D eigenvalue weighted by Gasteiger charge is -2.19. The molecule has 0 aliphatic carbocycles. The first-order valence-corrected chi connectivity index (χ1v) is 10.6. The maximum absolute atomic E-state index is 14.6. The number of urea groups is 1. The van der Waals surface area contributed by atoms with Crippen molar-refractivity contribution in [3.05, 3.63) is 94.8 Å². The zero-order valence-corrected chi connectivity index (χ0v) is 18.2. The normalized spacial score (nSPS) is 17.6. The molecule has 0 spiro atoms. The summed E-state index contributed by atoms with van der Waals surface area (Å²) in [5.41, 5.74) is 4.81. The van der Waals surface area contributed by atoms with Crippen LogP contribution in [0.5, 0.6) is 5.75 Å². The number of halogens is 5. The Morgan fingerprint density at radius 2 is 1.74 bits per heavy atom. The number of rotatable bonds is 3. The fourth-order valence-corrected chi connectivity index (χ4v) is 3.98. The van der Waals surface area contributed by atoms with Crippen molar-refractivity contribution in [2.45, 2.75) is 19.0 Å². The highest BCUT2D eigenvalue weighted by Gasteiger charge is 2.66. The number of amides is 2. The van der Waals surface area contributed by atoms with Gasteiger partial charge in [-0.3, -0.25) is 5.43 Å². The highest BCUT2D eigenvalue weighted by Crippen LogP contribution is 2.53. The average Bonchev–Trinajstić information content (AvgIpc) is 3.32. The Balaban J connectivity index is 1.42. The summed E-state index contributed by atoms with van der Waals surface area (Å²) in [4.78, 5) is 13.0. The molecule has 3 aromatic carbocycles. The van der Waals surface area contributed by atoms with Gasteiger partial charge in [-0.1, -0.05) is 48.0 Å². The molecule has 2 heterocycles. The molecule has 5 rings (SSSR count). The highest BCUT2D eigenvalue weighted by molar-refractivity contribution is 5.98. The van der Waals surface area contributed by atoms with Crippen LogP contribution in [0.1, 0.15) is 22.3 Å². The number of fused-ring (bicyclic) bond motifs is 1. The number of aryl methyl sites for hydroxylation is 1. The summed E-state index contributed by atoms with van der Waals surface area (Å²) in [5.74, 6) is -5.69. The first-order chi connectivity index (χ1) is 16.6. The monoisotopic (exact) mass is 487 g/mol. The van der Waals surface area contributed by atoms with E-state index in [1.807, 2.05) is 31.2 Å². The van der Waals surface area contributed by atoms with Crippen molar-refractivity contribution >= 4 is 23.0 Å². The quantitative estimate of drug-likeness (QED) is 0.437. The summed E-state index contributed by atoms with van der Waals surface area (Å²) >= 11 is 0. The summed E-state index contributed by atoms with van der Waals surface area (Å²) in [5, 5.41) is 3.56. The molecule has 0 unspecified atom stereocenters. The van der Waals surface area contributed by atoms with E-state index in [2.05, 4.69) is 15.5 Å². The van der Waals surface area contributed by atoms with Gasteiger partial charge in [-0.15, -0.1) is 0 Å². The van der Waals surface area contributed by atoms with Gasteiger partial charge in [-0.2, -0.15) is 17.6 Å². The van der Waals surface area contributed by atoms with Crippen LogP contribution in [0.4, 0.5) is 32.4 Å². The second-order valence-corrected chi connectivity index (χ2v) is 8.23. The van der Waals surface area contributed by atoms with Crippen LogP contribution in [-0.4, -0.2) is 23.7 Å². The van der Waals surface area contributed by atoms with Gasteiger partial charge in [0.25, 0.3) is 0 Å². The molecule has 2 aliphatic heterocycles. The van der Waals surface area contributed by atoms with Crippen LogP contribution in [0.2, 0.25) is 0 Å². The zero-order valence-electron chi connectivity index (χ0n) is 18.2. The van der Waals surface area contributed by atoms with Gasteiger partial charge >= 0.3 is 18.1 Å². The van der Waals surface area contributed by atoms with Crippen LogP contribution in [0.25, 0.3) is 11.3 Å². The third-order valence-corrected chi connectivity index (χ3v) is 5.82. The van der Waals surface area contributed by atoms with E-state index in [9.17, 15) is 26.7 Å². The van der Waals surface area contributed by atoms with Gasteiger partial charge in [0.05, 0.1) is 17.8 Å². The molecule has 0 fully saturated rings. The van der Waals surface area contributed by atoms with Crippen LogP contribution in [0.15, 0.2) is 66.7 Å². The van der Waals surface area contributed by atoms with Crippen molar-refractivity contribution in [3.8, 4) is 5.75 Å². The molecule has 0 saturated carbocycles. The lowest BCUT2D eigenvalue weighted by molar-refractivity contribution is -0.296. The number of hydrogen-bond acceptors (Lipinski definition) is 3. The van der Waals surface area contributed by atoms with E-state index in [1.54, 1.807) is 18.2 Å². The Labute approximate surface area is 196 Å². The van der Waals surface area contributed by atoms with Crippen molar-refractivity contribution in [2.24, 2.45) is 0 Å². The van der Waals surface area contributed by atoms with E-state index >= 15 is 0 Å². The molecule has 0 radical (unpaired) electrons. The number of carbonyl (C=O) groups is 1. The maximum Gasteiger partial charge on any atom is 0.469 e. The third-order valence-electron chi connectivity index (χ3n) is 5.82. The molecule has 0 atom stereocenters. The maximum atomic E-state index is 14.6. The topological polar surface area (TPSA) is 53.6 Å². The largest absolute Gasteiger partial charge is 0.469 e. The van der Waals surface area contributed by atoms with E-state index in [1.165, 1.54) is 12.1 Å². The molecule has 3 aromatic rings. The van der Waals surface area contributed by atoms with Gasteiger partial charge in [0.15, 0.2) is 0 Å². The molecule has 2 N–H and O–H groups in total. The molecule has 5 nitrogen and oxygen atoms in total. The SMILES string of the molecule is Cc1ccc(C2=C(c3ccccc3F)CN(C(=O)Nc3ccc4c(c3)C(F)(F)C(F)(F)O4)N2)cc1. The first kappa shape index (κ1) is 22.7. The van der Waals surface area contributed by atoms with E-state index < -0.39 is 35.2 Å². The fraction of sp³-hybridized carbons (Fsp3) is 0.160. The molecule has 2 aliphatic rings. The van der Waals surface area contributed by atoms with Gasteiger partial charge in [-0.05, 0) is 36.8 Å².